The summed E-state index contributed by atoms with van der Waals surface area (Å²) >= 11 is 0. The molecule has 2 rings (SSSR count). The average molecular weight is 314 g/mol. The second kappa shape index (κ2) is 7.67. The largest absolute Gasteiger partial charge is 0.378 e. The van der Waals surface area contributed by atoms with Gasteiger partial charge in [-0.25, -0.2) is 23.1 Å². The van der Waals surface area contributed by atoms with Crippen molar-refractivity contribution in [1.29, 1.82) is 0 Å². The summed E-state index contributed by atoms with van der Waals surface area (Å²) in [5.74, 6) is 0.440. The molecular formula is C13H22N4O3S. The minimum Gasteiger partial charge on any atom is -0.378 e. The third-order valence-electron chi connectivity index (χ3n) is 3.25. The van der Waals surface area contributed by atoms with E-state index in [4.69, 9.17) is 4.74 Å². The van der Waals surface area contributed by atoms with E-state index in [0.717, 1.165) is 32.4 Å². The number of nitrogens with zero attached hydrogens (tertiary/aromatic N) is 2. The van der Waals surface area contributed by atoms with E-state index < -0.39 is 10.0 Å². The number of hydrogen-bond donors (Lipinski definition) is 2. The lowest BCUT2D eigenvalue weighted by Crippen LogP contribution is -2.27. The fourth-order valence-electron chi connectivity index (χ4n) is 2.09. The standard InChI is InChI=1S/C13H22N4O3S/c1-2-6-14-13-15-9-12(10-16-13)21(18,19)17-7-5-11-4-3-8-20-11/h9-11,17H,2-8H2,1H3,(H,14,15,16). The summed E-state index contributed by atoms with van der Waals surface area (Å²) in [5, 5.41) is 3.00. The SMILES string of the molecule is CCCNc1ncc(S(=O)(=O)NCCC2CCCO2)cn1. The zero-order chi connectivity index (χ0) is 15.1. The van der Waals surface area contributed by atoms with Gasteiger partial charge in [-0.05, 0) is 25.7 Å². The van der Waals surface area contributed by atoms with Crippen LogP contribution in [0.1, 0.15) is 32.6 Å². The summed E-state index contributed by atoms with van der Waals surface area (Å²) in [4.78, 5) is 8.08. The maximum absolute atomic E-state index is 12.1. The van der Waals surface area contributed by atoms with Gasteiger partial charge in [0.1, 0.15) is 4.90 Å². The van der Waals surface area contributed by atoms with E-state index in [2.05, 4.69) is 20.0 Å². The maximum Gasteiger partial charge on any atom is 0.243 e. The van der Waals surface area contributed by atoms with Crippen molar-refractivity contribution >= 4 is 16.0 Å². The van der Waals surface area contributed by atoms with Crippen molar-refractivity contribution in [2.75, 3.05) is 25.0 Å². The summed E-state index contributed by atoms with van der Waals surface area (Å²) < 4.78 is 32.2. The van der Waals surface area contributed by atoms with E-state index >= 15 is 0 Å². The normalized spacial score (nSPS) is 18.8. The molecule has 8 heteroatoms. The number of anilines is 1. The second-order valence-corrected chi connectivity index (χ2v) is 6.76. The van der Waals surface area contributed by atoms with E-state index in [-0.39, 0.29) is 11.0 Å². The number of hydrogen-bond acceptors (Lipinski definition) is 6. The van der Waals surface area contributed by atoms with Crippen molar-refractivity contribution in [3.05, 3.63) is 12.4 Å². The highest BCUT2D eigenvalue weighted by Crippen LogP contribution is 2.15. The summed E-state index contributed by atoms with van der Waals surface area (Å²) in [6, 6.07) is 0. The lowest BCUT2D eigenvalue weighted by atomic mass is 10.2. The van der Waals surface area contributed by atoms with Crippen LogP contribution in [0.2, 0.25) is 0 Å². The molecule has 1 aliphatic rings. The van der Waals surface area contributed by atoms with Crippen LogP contribution in [0.25, 0.3) is 0 Å². The monoisotopic (exact) mass is 314 g/mol. The summed E-state index contributed by atoms with van der Waals surface area (Å²) in [5.41, 5.74) is 0. The molecule has 2 N–H and O–H groups in total. The fourth-order valence-corrected chi connectivity index (χ4v) is 3.03. The minimum absolute atomic E-state index is 0.0805. The molecule has 1 aliphatic heterocycles. The number of aromatic nitrogens is 2. The molecule has 0 amide bonds. The van der Waals surface area contributed by atoms with Crippen LogP contribution in [0.4, 0.5) is 5.95 Å². The summed E-state index contributed by atoms with van der Waals surface area (Å²) in [6.07, 6.45) is 6.51. The highest BCUT2D eigenvalue weighted by atomic mass is 32.2. The van der Waals surface area contributed by atoms with Gasteiger partial charge in [0.15, 0.2) is 0 Å². The third-order valence-corrected chi connectivity index (χ3v) is 4.67. The van der Waals surface area contributed by atoms with Crippen LogP contribution in [0, 0.1) is 0 Å². The average Bonchev–Trinajstić information content (AvgIpc) is 2.98. The fraction of sp³-hybridized carbons (Fsp3) is 0.692. The van der Waals surface area contributed by atoms with Gasteiger partial charge < -0.3 is 10.1 Å². The molecule has 118 valence electrons. The number of ether oxygens (including phenoxy) is 1. The topological polar surface area (TPSA) is 93.2 Å². The molecule has 1 fully saturated rings. The Hall–Kier alpha value is -1.25. The van der Waals surface area contributed by atoms with E-state index in [1.165, 1.54) is 12.4 Å². The van der Waals surface area contributed by atoms with E-state index in [9.17, 15) is 8.42 Å². The Bertz CT molecular complexity index is 527. The smallest absolute Gasteiger partial charge is 0.243 e. The van der Waals surface area contributed by atoms with Gasteiger partial charge in [0, 0.05) is 19.7 Å². The molecule has 1 aromatic heterocycles. The Morgan fingerprint density at radius 3 is 2.71 bits per heavy atom. The lowest BCUT2D eigenvalue weighted by Gasteiger charge is -2.10. The van der Waals surface area contributed by atoms with Crippen molar-refractivity contribution < 1.29 is 13.2 Å². The highest BCUT2D eigenvalue weighted by Gasteiger charge is 2.18. The molecule has 2 heterocycles. The number of sulfonamides is 1. The summed E-state index contributed by atoms with van der Waals surface area (Å²) in [6.45, 7) is 3.93. The van der Waals surface area contributed by atoms with Gasteiger partial charge >= 0.3 is 0 Å². The molecule has 7 nitrogen and oxygen atoms in total. The van der Waals surface area contributed by atoms with Crippen molar-refractivity contribution in [1.82, 2.24) is 14.7 Å². The molecule has 1 aromatic rings. The molecule has 0 saturated carbocycles. The van der Waals surface area contributed by atoms with Crippen molar-refractivity contribution in [2.24, 2.45) is 0 Å². The molecule has 0 aromatic carbocycles. The minimum atomic E-state index is -3.55. The molecule has 0 spiro atoms. The van der Waals surface area contributed by atoms with Crippen molar-refractivity contribution in [2.45, 2.75) is 43.6 Å². The Morgan fingerprint density at radius 1 is 1.33 bits per heavy atom. The van der Waals surface area contributed by atoms with E-state index in [0.29, 0.717) is 18.9 Å². The Kier molecular flexibility index (Phi) is 5.89. The lowest BCUT2D eigenvalue weighted by molar-refractivity contribution is 0.105. The van der Waals surface area contributed by atoms with Gasteiger partial charge in [0.25, 0.3) is 0 Å². The zero-order valence-electron chi connectivity index (χ0n) is 12.2. The van der Waals surface area contributed by atoms with Gasteiger partial charge in [-0.1, -0.05) is 6.92 Å². The Balaban J connectivity index is 1.85. The van der Waals surface area contributed by atoms with Gasteiger partial charge in [-0.3, -0.25) is 0 Å². The van der Waals surface area contributed by atoms with Gasteiger partial charge in [0.05, 0.1) is 18.5 Å². The second-order valence-electron chi connectivity index (χ2n) is 4.99. The van der Waals surface area contributed by atoms with Crippen LogP contribution in [0.15, 0.2) is 17.3 Å². The molecule has 0 radical (unpaired) electrons. The first-order chi connectivity index (χ1) is 10.1. The predicted octanol–water partition coefficient (Wildman–Crippen LogP) is 1.15. The molecule has 1 saturated heterocycles. The first-order valence-electron chi connectivity index (χ1n) is 7.29. The van der Waals surface area contributed by atoms with Gasteiger partial charge in [-0.2, -0.15) is 0 Å². The Labute approximate surface area is 125 Å². The third kappa shape index (κ3) is 4.90. The molecule has 0 aliphatic carbocycles. The van der Waals surface area contributed by atoms with Crippen LogP contribution in [0.3, 0.4) is 0 Å². The molecule has 1 atom stereocenters. The number of rotatable bonds is 8. The first kappa shape index (κ1) is 16.1. The van der Waals surface area contributed by atoms with Crippen LogP contribution in [-0.4, -0.2) is 44.2 Å². The molecular weight excluding hydrogens is 292 g/mol. The van der Waals surface area contributed by atoms with Gasteiger partial charge in [-0.15, -0.1) is 0 Å². The molecule has 0 bridgehead atoms. The van der Waals surface area contributed by atoms with Gasteiger partial charge in [0.2, 0.25) is 16.0 Å². The molecule has 1 unspecified atom stereocenters. The van der Waals surface area contributed by atoms with Crippen LogP contribution >= 0.6 is 0 Å². The quantitative estimate of drug-likeness (QED) is 0.747. The van der Waals surface area contributed by atoms with Crippen LogP contribution in [-0.2, 0) is 14.8 Å². The highest BCUT2D eigenvalue weighted by molar-refractivity contribution is 7.89. The number of nitrogens with one attached hydrogen (secondary N) is 2. The predicted molar refractivity (Wildman–Crippen MR) is 79.6 cm³/mol. The van der Waals surface area contributed by atoms with Crippen molar-refractivity contribution in [3.8, 4) is 0 Å². The Morgan fingerprint density at radius 2 is 2.10 bits per heavy atom. The zero-order valence-corrected chi connectivity index (χ0v) is 13.0. The van der Waals surface area contributed by atoms with E-state index in [1.807, 2.05) is 6.92 Å². The van der Waals surface area contributed by atoms with Crippen LogP contribution in [0.5, 0.6) is 0 Å². The van der Waals surface area contributed by atoms with E-state index in [1.54, 1.807) is 0 Å². The molecule has 21 heavy (non-hydrogen) atoms. The van der Waals surface area contributed by atoms with Crippen LogP contribution < -0.4 is 10.0 Å². The summed E-state index contributed by atoms with van der Waals surface area (Å²) in [7, 11) is -3.55. The first-order valence-corrected chi connectivity index (χ1v) is 8.77. The van der Waals surface area contributed by atoms with Crippen molar-refractivity contribution in [3.63, 3.8) is 0 Å². The maximum atomic E-state index is 12.1.